The molecule has 5 nitrogen and oxygen atoms in total. The molecule has 1 aliphatic rings. The first-order valence-corrected chi connectivity index (χ1v) is 8.44. The summed E-state index contributed by atoms with van der Waals surface area (Å²) in [4.78, 5) is 12.5. The highest BCUT2D eigenvalue weighted by molar-refractivity contribution is 5.99. The summed E-state index contributed by atoms with van der Waals surface area (Å²) in [5.41, 5.74) is -0.0216. The van der Waals surface area contributed by atoms with Crippen LogP contribution in [0.25, 0.3) is 0 Å². The van der Waals surface area contributed by atoms with Crippen molar-refractivity contribution in [3.05, 3.63) is 47.4 Å². The van der Waals surface area contributed by atoms with Crippen molar-refractivity contribution in [1.29, 1.82) is 0 Å². The molecule has 0 bridgehead atoms. The molecule has 2 aromatic rings. The van der Waals surface area contributed by atoms with Crippen molar-refractivity contribution in [2.75, 3.05) is 5.32 Å². The molecule has 1 amide bonds. The van der Waals surface area contributed by atoms with Gasteiger partial charge in [0.05, 0.1) is 12.2 Å². The molecule has 27 heavy (non-hydrogen) atoms. The van der Waals surface area contributed by atoms with Crippen LogP contribution >= 0.6 is 0 Å². The predicted molar refractivity (Wildman–Crippen MR) is 91.9 cm³/mol. The molecule has 9 heteroatoms. The number of halogens is 4. The molecule has 2 N–H and O–H groups in total. The number of carbonyl (C=O) groups is 1. The minimum Gasteiger partial charge on any atom is -0.363 e. The maximum atomic E-state index is 13.6. The molecule has 0 spiro atoms. The Bertz CT molecular complexity index is 837. The van der Waals surface area contributed by atoms with Crippen LogP contribution in [0, 0.1) is 5.82 Å². The standard InChI is InChI=1S/C18H20F4N4O/c1-17(2,3)25-16(27)12-9-23-26-14(18(20,21)22)8-13(24-15(12)26)10-4-6-11(19)7-5-10/h4-7,9,13-14,24H,8H2,1-3H3,(H,25,27). The second-order valence-electron chi connectivity index (χ2n) is 7.60. The van der Waals surface area contributed by atoms with Gasteiger partial charge in [-0.1, -0.05) is 12.1 Å². The molecule has 0 saturated carbocycles. The van der Waals surface area contributed by atoms with Gasteiger partial charge in [-0.3, -0.25) is 4.79 Å². The highest BCUT2D eigenvalue weighted by Crippen LogP contribution is 2.44. The Morgan fingerprint density at radius 3 is 2.41 bits per heavy atom. The van der Waals surface area contributed by atoms with Crippen LogP contribution in [0.1, 0.15) is 55.2 Å². The van der Waals surface area contributed by atoms with Gasteiger partial charge in [-0.15, -0.1) is 0 Å². The Morgan fingerprint density at radius 1 is 1.22 bits per heavy atom. The van der Waals surface area contributed by atoms with Gasteiger partial charge in [-0.2, -0.15) is 18.3 Å². The minimum atomic E-state index is -4.54. The molecule has 0 aliphatic carbocycles. The zero-order chi connectivity index (χ0) is 20.0. The first-order chi connectivity index (χ1) is 12.5. The molecule has 0 saturated heterocycles. The number of hydrogen-bond acceptors (Lipinski definition) is 3. The summed E-state index contributed by atoms with van der Waals surface area (Å²) >= 11 is 0. The third-order valence-electron chi connectivity index (χ3n) is 4.24. The van der Waals surface area contributed by atoms with E-state index in [1.54, 1.807) is 20.8 Å². The van der Waals surface area contributed by atoms with Crippen LogP contribution in [-0.4, -0.2) is 27.4 Å². The molecule has 3 rings (SSSR count). The van der Waals surface area contributed by atoms with E-state index in [1.807, 2.05) is 0 Å². The smallest absolute Gasteiger partial charge is 0.363 e. The number of alkyl halides is 3. The van der Waals surface area contributed by atoms with Gasteiger partial charge in [0.15, 0.2) is 6.04 Å². The SMILES string of the molecule is CC(C)(C)NC(=O)c1cnn2c1NC(c1ccc(F)cc1)CC2C(F)(F)F. The first-order valence-electron chi connectivity index (χ1n) is 8.44. The lowest BCUT2D eigenvalue weighted by Crippen LogP contribution is -2.41. The number of benzene rings is 1. The molecule has 2 heterocycles. The van der Waals surface area contributed by atoms with E-state index >= 15 is 0 Å². The average Bonchev–Trinajstić information content (AvgIpc) is 2.96. The fourth-order valence-corrected chi connectivity index (χ4v) is 3.05. The monoisotopic (exact) mass is 384 g/mol. The van der Waals surface area contributed by atoms with Gasteiger partial charge in [0.1, 0.15) is 17.2 Å². The normalized spacial score (nSPS) is 20.0. The van der Waals surface area contributed by atoms with Gasteiger partial charge < -0.3 is 10.6 Å². The summed E-state index contributed by atoms with van der Waals surface area (Å²) in [7, 11) is 0. The highest BCUT2D eigenvalue weighted by Gasteiger charge is 2.47. The average molecular weight is 384 g/mol. The van der Waals surface area contributed by atoms with Crippen molar-refractivity contribution in [2.24, 2.45) is 0 Å². The van der Waals surface area contributed by atoms with E-state index in [-0.39, 0.29) is 17.8 Å². The summed E-state index contributed by atoms with van der Waals surface area (Å²) in [5, 5.41) is 9.50. The van der Waals surface area contributed by atoms with Crippen molar-refractivity contribution in [3.63, 3.8) is 0 Å². The van der Waals surface area contributed by atoms with Crippen molar-refractivity contribution < 1.29 is 22.4 Å². The Labute approximate surface area is 153 Å². The molecule has 0 radical (unpaired) electrons. The van der Waals surface area contributed by atoms with Crippen LogP contribution in [0.15, 0.2) is 30.5 Å². The Balaban J connectivity index is 2.01. The van der Waals surface area contributed by atoms with Crippen LogP contribution in [0.4, 0.5) is 23.4 Å². The summed E-state index contributed by atoms with van der Waals surface area (Å²) in [5.74, 6) is -0.992. The van der Waals surface area contributed by atoms with E-state index in [0.717, 1.165) is 10.9 Å². The summed E-state index contributed by atoms with van der Waals surface area (Å²) in [6, 6.07) is 2.63. The summed E-state index contributed by atoms with van der Waals surface area (Å²) in [6.45, 7) is 5.32. The lowest BCUT2D eigenvalue weighted by atomic mass is 9.96. The van der Waals surface area contributed by atoms with E-state index in [1.165, 1.54) is 24.3 Å². The number of fused-ring (bicyclic) bond motifs is 1. The van der Waals surface area contributed by atoms with Crippen molar-refractivity contribution >= 4 is 11.7 Å². The van der Waals surface area contributed by atoms with Gasteiger partial charge in [-0.05, 0) is 38.5 Å². The van der Waals surface area contributed by atoms with Crippen molar-refractivity contribution in [2.45, 2.75) is 51.0 Å². The van der Waals surface area contributed by atoms with Crippen LogP contribution in [0.2, 0.25) is 0 Å². The number of rotatable bonds is 2. The summed E-state index contributed by atoms with van der Waals surface area (Å²) in [6.07, 6.45) is -3.72. The van der Waals surface area contributed by atoms with E-state index in [9.17, 15) is 22.4 Å². The minimum absolute atomic E-state index is 0.000324. The predicted octanol–water partition coefficient (Wildman–Crippen LogP) is 4.21. The third kappa shape index (κ3) is 4.06. The van der Waals surface area contributed by atoms with Crippen LogP contribution in [-0.2, 0) is 0 Å². The molecule has 0 fully saturated rings. The number of amides is 1. The zero-order valence-electron chi connectivity index (χ0n) is 15.1. The van der Waals surface area contributed by atoms with E-state index < -0.39 is 35.5 Å². The molecule has 2 atom stereocenters. The lowest BCUT2D eigenvalue weighted by Gasteiger charge is -2.34. The highest BCUT2D eigenvalue weighted by atomic mass is 19.4. The van der Waals surface area contributed by atoms with E-state index in [4.69, 9.17) is 0 Å². The van der Waals surface area contributed by atoms with Gasteiger partial charge >= 0.3 is 6.18 Å². The van der Waals surface area contributed by atoms with Crippen LogP contribution in [0.5, 0.6) is 0 Å². The number of carbonyl (C=O) groups excluding carboxylic acids is 1. The Hall–Kier alpha value is -2.58. The fraction of sp³-hybridized carbons (Fsp3) is 0.444. The van der Waals surface area contributed by atoms with E-state index in [2.05, 4.69) is 15.7 Å². The number of nitrogens with one attached hydrogen (secondary N) is 2. The quantitative estimate of drug-likeness (QED) is 0.763. The van der Waals surface area contributed by atoms with Gasteiger partial charge in [-0.25, -0.2) is 9.07 Å². The number of hydrogen-bond donors (Lipinski definition) is 2. The number of aromatic nitrogens is 2. The second-order valence-corrected chi connectivity index (χ2v) is 7.60. The third-order valence-corrected chi connectivity index (χ3v) is 4.24. The lowest BCUT2D eigenvalue weighted by molar-refractivity contribution is -0.173. The van der Waals surface area contributed by atoms with E-state index in [0.29, 0.717) is 5.56 Å². The molecule has 146 valence electrons. The molecule has 1 aromatic carbocycles. The molecular weight excluding hydrogens is 364 g/mol. The first kappa shape index (κ1) is 19.2. The Kier molecular flexibility index (Phi) is 4.65. The number of nitrogens with zero attached hydrogens (tertiary/aromatic N) is 2. The van der Waals surface area contributed by atoms with Crippen molar-refractivity contribution in [3.8, 4) is 0 Å². The maximum absolute atomic E-state index is 13.6. The second kappa shape index (κ2) is 6.54. The van der Waals surface area contributed by atoms with Crippen LogP contribution < -0.4 is 10.6 Å². The zero-order valence-corrected chi connectivity index (χ0v) is 15.1. The topological polar surface area (TPSA) is 59.0 Å². The van der Waals surface area contributed by atoms with Gasteiger partial charge in [0, 0.05) is 12.0 Å². The molecule has 1 aromatic heterocycles. The van der Waals surface area contributed by atoms with Gasteiger partial charge in [0.25, 0.3) is 5.91 Å². The molecule has 2 unspecified atom stereocenters. The molecular formula is C18H20F4N4O. The van der Waals surface area contributed by atoms with Crippen molar-refractivity contribution in [1.82, 2.24) is 15.1 Å². The Morgan fingerprint density at radius 2 is 1.85 bits per heavy atom. The van der Waals surface area contributed by atoms with Crippen LogP contribution in [0.3, 0.4) is 0 Å². The van der Waals surface area contributed by atoms with Gasteiger partial charge in [0.2, 0.25) is 0 Å². The molecule has 1 aliphatic heterocycles. The summed E-state index contributed by atoms with van der Waals surface area (Å²) < 4.78 is 54.8. The largest absolute Gasteiger partial charge is 0.410 e. The fourth-order valence-electron chi connectivity index (χ4n) is 3.05. The number of anilines is 1. The maximum Gasteiger partial charge on any atom is 0.410 e.